The summed E-state index contributed by atoms with van der Waals surface area (Å²) in [6, 6.07) is 64.2. The van der Waals surface area contributed by atoms with Crippen LogP contribution in [0.2, 0.25) is 0 Å². The summed E-state index contributed by atoms with van der Waals surface area (Å²) >= 11 is 0. The zero-order valence-electron chi connectivity index (χ0n) is 31.6. The van der Waals surface area contributed by atoms with Gasteiger partial charge in [0.1, 0.15) is 0 Å². The van der Waals surface area contributed by atoms with Gasteiger partial charge in [0.25, 0.3) is 0 Å². The van der Waals surface area contributed by atoms with Crippen LogP contribution in [0.15, 0.2) is 225 Å². The molecule has 55 heavy (non-hydrogen) atoms. The number of hydrogen-bond donors (Lipinski definition) is 0. The first-order valence-corrected chi connectivity index (χ1v) is 19.0. The molecule has 0 saturated heterocycles. The highest BCUT2D eigenvalue weighted by Crippen LogP contribution is 2.39. The van der Waals surface area contributed by atoms with Crippen LogP contribution in [-0.2, 0) is 0 Å². The molecule has 0 radical (unpaired) electrons. The lowest BCUT2D eigenvalue weighted by molar-refractivity contribution is 1.01. The van der Waals surface area contributed by atoms with Crippen molar-refractivity contribution in [3.63, 3.8) is 0 Å². The molecule has 268 valence electrons. The van der Waals surface area contributed by atoms with Crippen LogP contribution in [0.4, 0.5) is 28.4 Å². The van der Waals surface area contributed by atoms with Crippen molar-refractivity contribution in [2.45, 2.75) is 20.3 Å². The number of anilines is 5. The van der Waals surface area contributed by atoms with Crippen LogP contribution < -0.4 is 9.80 Å². The van der Waals surface area contributed by atoms with E-state index in [1.165, 1.54) is 22.0 Å². The smallest absolute Gasteiger partial charge is 0.0540 e. The first-order chi connectivity index (χ1) is 27.1. The van der Waals surface area contributed by atoms with Crippen molar-refractivity contribution in [1.29, 1.82) is 0 Å². The van der Waals surface area contributed by atoms with E-state index in [2.05, 4.69) is 243 Å². The normalized spacial score (nSPS) is 12.0. The lowest BCUT2D eigenvalue weighted by atomic mass is 10.0. The number of nitrogens with zero attached hydrogens (tertiary/aromatic N) is 2. The highest BCUT2D eigenvalue weighted by atomic mass is 15.1. The Labute approximate surface area is 326 Å². The minimum Gasteiger partial charge on any atom is -0.314 e. The van der Waals surface area contributed by atoms with Gasteiger partial charge >= 0.3 is 0 Å². The summed E-state index contributed by atoms with van der Waals surface area (Å²) in [6.45, 7) is 8.74. The summed E-state index contributed by atoms with van der Waals surface area (Å²) in [5.74, 6) is 0. The molecule has 0 spiro atoms. The monoisotopic (exact) mass is 710 g/mol. The Morgan fingerprint density at radius 3 is 1.76 bits per heavy atom. The molecule has 0 amide bonds. The standard InChI is InChI=1S/C53H46N2/c1-4-43(45-35-39-51(40-36-45)55(49-26-13-8-14-27-49)53-30-18-23-46-22-15-16-29-52(46)53)32-31-41(3)44-33-37-50(38-34-44)54(48-24-11-7-12-25-48)47(5-2)28-17-21-42-19-9-6-10-20-42/h4,6-40H,3,5H2,1-2H3/b21-17-,32-31-,43-4+,47-28+. The SMILES string of the molecule is C=C(/C=C\C(=C/C)c1ccc(N(c2ccccc2)c2cccc3ccccc23)cc1)c1ccc(N(/C(=C/C=C\c2ccccc2)CC)c2ccccc2)cc1. The van der Waals surface area contributed by atoms with Gasteiger partial charge in [0.05, 0.1) is 5.69 Å². The van der Waals surface area contributed by atoms with Crippen molar-refractivity contribution < 1.29 is 0 Å². The average molecular weight is 711 g/mol. The molecule has 0 unspecified atom stereocenters. The van der Waals surface area contributed by atoms with Gasteiger partial charge in [0.2, 0.25) is 0 Å². The van der Waals surface area contributed by atoms with Gasteiger partial charge in [-0.25, -0.2) is 0 Å². The third-order valence-corrected chi connectivity index (χ3v) is 9.79. The summed E-state index contributed by atoms with van der Waals surface area (Å²) < 4.78 is 0. The highest BCUT2D eigenvalue weighted by Gasteiger charge is 2.16. The van der Waals surface area contributed by atoms with Gasteiger partial charge in [0, 0.05) is 33.8 Å². The minimum absolute atomic E-state index is 0.881. The number of allylic oxidation sites excluding steroid dienone is 8. The van der Waals surface area contributed by atoms with Gasteiger partial charge in [-0.15, -0.1) is 0 Å². The second-order valence-electron chi connectivity index (χ2n) is 13.3. The van der Waals surface area contributed by atoms with Gasteiger partial charge in [-0.1, -0.05) is 171 Å². The van der Waals surface area contributed by atoms with E-state index in [9.17, 15) is 0 Å². The molecule has 7 aromatic rings. The molecule has 7 aromatic carbocycles. The quantitative estimate of drug-likeness (QED) is 0.110. The Hall–Kier alpha value is -6.90. The highest BCUT2D eigenvalue weighted by molar-refractivity contribution is 5.99. The van der Waals surface area contributed by atoms with E-state index < -0.39 is 0 Å². The molecule has 0 atom stereocenters. The summed E-state index contributed by atoms with van der Waals surface area (Å²) in [7, 11) is 0. The van der Waals surface area contributed by atoms with Gasteiger partial charge in [-0.3, -0.25) is 0 Å². The number of benzene rings is 7. The fraction of sp³-hybridized carbons (Fsp3) is 0.0566. The van der Waals surface area contributed by atoms with Crippen molar-refractivity contribution in [2.75, 3.05) is 9.80 Å². The van der Waals surface area contributed by atoms with Gasteiger partial charge in [-0.05, 0) is 107 Å². The molecule has 0 aromatic heterocycles. The molecule has 0 aliphatic heterocycles. The van der Waals surface area contributed by atoms with E-state index in [0.29, 0.717) is 0 Å². The van der Waals surface area contributed by atoms with E-state index >= 15 is 0 Å². The van der Waals surface area contributed by atoms with Gasteiger partial charge in [0.15, 0.2) is 0 Å². The largest absolute Gasteiger partial charge is 0.314 e. The second kappa shape index (κ2) is 17.7. The van der Waals surface area contributed by atoms with E-state index in [-0.39, 0.29) is 0 Å². The Morgan fingerprint density at radius 2 is 1.09 bits per heavy atom. The van der Waals surface area contributed by atoms with Crippen LogP contribution in [0.1, 0.15) is 37.0 Å². The third kappa shape index (κ3) is 8.67. The summed E-state index contributed by atoms with van der Waals surface area (Å²) in [6.07, 6.45) is 13.8. The molecule has 0 fully saturated rings. The van der Waals surface area contributed by atoms with Crippen molar-refractivity contribution in [1.82, 2.24) is 0 Å². The molecule has 0 aliphatic carbocycles. The van der Waals surface area contributed by atoms with Crippen LogP contribution in [0.5, 0.6) is 0 Å². The van der Waals surface area contributed by atoms with E-state index in [4.69, 9.17) is 0 Å². The van der Waals surface area contributed by atoms with E-state index in [1.807, 2.05) is 6.07 Å². The fourth-order valence-electron chi connectivity index (χ4n) is 6.92. The maximum Gasteiger partial charge on any atom is 0.0540 e. The van der Waals surface area contributed by atoms with Crippen molar-refractivity contribution in [2.24, 2.45) is 0 Å². The molecule has 7 rings (SSSR count). The summed E-state index contributed by atoms with van der Waals surface area (Å²) in [5.41, 5.74) is 12.3. The van der Waals surface area contributed by atoms with Gasteiger partial charge in [-0.2, -0.15) is 0 Å². The summed E-state index contributed by atoms with van der Waals surface area (Å²) in [5, 5.41) is 2.43. The Morgan fingerprint density at radius 1 is 0.545 bits per heavy atom. The number of hydrogen-bond acceptors (Lipinski definition) is 2. The maximum atomic E-state index is 4.45. The van der Waals surface area contributed by atoms with Crippen LogP contribution in [0.3, 0.4) is 0 Å². The second-order valence-corrected chi connectivity index (χ2v) is 13.3. The van der Waals surface area contributed by atoms with Crippen molar-refractivity contribution in [3.8, 4) is 0 Å². The zero-order chi connectivity index (χ0) is 37.8. The van der Waals surface area contributed by atoms with Crippen LogP contribution in [-0.4, -0.2) is 0 Å². The number of rotatable bonds is 13. The number of fused-ring (bicyclic) bond motifs is 1. The molecule has 2 heteroatoms. The lowest BCUT2D eigenvalue weighted by Crippen LogP contribution is -2.15. The molecule has 0 bridgehead atoms. The lowest BCUT2D eigenvalue weighted by Gasteiger charge is -2.27. The first-order valence-electron chi connectivity index (χ1n) is 19.0. The molecular weight excluding hydrogens is 665 g/mol. The molecule has 2 nitrogen and oxygen atoms in total. The maximum absolute atomic E-state index is 4.45. The van der Waals surface area contributed by atoms with Gasteiger partial charge < -0.3 is 9.80 Å². The predicted octanol–water partition coefficient (Wildman–Crippen LogP) is 15.1. The van der Waals surface area contributed by atoms with E-state index in [0.717, 1.165) is 57.1 Å². The van der Waals surface area contributed by atoms with Crippen molar-refractivity contribution >= 4 is 56.4 Å². The number of para-hydroxylation sites is 2. The topological polar surface area (TPSA) is 6.48 Å². The van der Waals surface area contributed by atoms with Crippen LogP contribution in [0.25, 0.3) is 28.0 Å². The fourth-order valence-corrected chi connectivity index (χ4v) is 6.92. The summed E-state index contributed by atoms with van der Waals surface area (Å²) in [4.78, 5) is 4.67. The molecule has 0 heterocycles. The third-order valence-electron chi connectivity index (χ3n) is 9.79. The Kier molecular flexibility index (Phi) is 11.8. The van der Waals surface area contributed by atoms with Crippen LogP contribution in [0, 0.1) is 0 Å². The van der Waals surface area contributed by atoms with E-state index in [1.54, 1.807) is 0 Å². The molecule has 0 N–H and O–H groups in total. The Bertz CT molecular complexity index is 2450. The average Bonchev–Trinajstić information content (AvgIpc) is 3.25. The molecule has 0 aliphatic rings. The zero-order valence-corrected chi connectivity index (χ0v) is 31.6. The first kappa shape index (κ1) is 36.5. The molecular formula is C53H46N2. The van der Waals surface area contributed by atoms with Crippen LogP contribution >= 0.6 is 0 Å². The Balaban J connectivity index is 1.11. The molecule has 0 saturated carbocycles. The minimum atomic E-state index is 0.881. The predicted molar refractivity (Wildman–Crippen MR) is 239 cm³/mol. The van der Waals surface area contributed by atoms with Crippen molar-refractivity contribution in [3.05, 3.63) is 241 Å².